The predicted molar refractivity (Wildman–Crippen MR) is 96.0 cm³/mol. The van der Waals surface area contributed by atoms with Gasteiger partial charge in [-0.05, 0) is 50.5 Å². The molecule has 7 nitrogen and oxygen atoms in total. The number of ether oxygens (including phenoxy) is 1. The van der Waals surface area contributed by atoms with Gasteiger partial charge in [-0.25, -0.2) is 13.4 Å². The molecule has 0 saturated carbocycles. The number of anilines is 1. The molecule has 1 atom stereocenters. The minimum atomic E-state index is -3.47. The number of aryl methyl sites for hydroxylation is 1. The Morgan fingerprint density at radius 1 is 1.28 bits per heavy atom. The molecule has 0 bridgehead atoms. The minimum absolute atomic E-state index is 0.0402. The van der Waals surface area contributed by atoms with Gasteiger partial charge in [0, 0.05) is 29.6 Å². The van der Waals surface area contributed by atoms with Gasteiger partial charge in [-0.3, -0.25) is 9.52 Å². The smallest absolute Gasteiger partial charge is 0.251 e. The zero-order chi connectivity index (χ0) is 17.9. The molecule has 0 radical (unpaired) electrons. The number of aromatic nitrogens is 2. The first kappa shape index (κ1) is 17.6. The van der Waals surface area contributed by atoms with Crippen LogP contribution in [0.25, 0.3) is 11.4 Å². The molecule has 1 aromatic heterocycles. The van der Waals surface area contributed by atoms with Crippen LogP contribution in [0.3, 0.4) is 0 Å². The van der Waals surface area contributed by atoms with Crippen LogP contribution in [-0.2, 0) is 14.8 Å². The molecule has 2 heterocycles. The van der Waals surface area contributed by atoms with Crippen LogP contribution < -0.4 is 10.3 Å². The zero-order valence-electron chi connectivity index (χ0n) is 14.0. The Morgan fingerprint density at radius 3 is 2.68 bits per heavy atom. The van der Waals surface area contributed by atoms with E-state index in [0.717, 1.165) is 19.3 Å². The second kappa shape index (κ2) is 7.37. The van der Waals surface area contributed by atoms with Crippen LogP contribution in [0.15, 0.2) is 35.1 Å². The fraction of sp³-hybridized carbons (Fsp3) is 0.412. The van der Waals surface area contributed by atoms with E-state index >= 15 is 0 Å². The molecule has 134 valence electrons. The summed E-state index contributed by atoms with van der Waals surface area (Å²) < 4.78 is 32.6. The lowest BCUT2D eigenvalue weighted by Crippen LogP contribution is -2.30. The Labute approximate surface area is 146 Å². The lowest BCUT2D eigenvalue weighted by Gasteiger charge is -2.22. The molecule has 1 aromatic carbocycles. The summed E-state index contributed by atoms with van der Waals surface area (Å²) in [7, 11) is -3.47. The van der Waals surface area contributed by atoms with Crippen molar-refractivity contribution in [1.82, 2.24) is 9.97 Å². The third-order valence-corrected chi connectivity index (χ3v) is 5.34. The third kappa shape index (κ3) is 4.90. The SMILES string of the molecule is Cc1cc(=O)[nH]c(-c2ccc(NS(=O)(=O)CC3CCCCO3)cc2)n1. The van der Waals surface area contributed by atoms with Gasteiger partial charge in [0.2, 0.25) is 10.0 Å². The maximum absolute atomic E-state index is 12.3. The highest BCUT2D eigenvalue weighted by atomic mass is 32.2. The average Bonchev–Trinajstić information content (AvgIpc) is 2.54. The summed E-state index contributed by atoms with van der Waals surface area (Å²) in [4.78, 5) is 18.5. The first-order valence-electron chi connectivity index (χ1n) is 8.22. The molecule has 0 aliphatic carbocycles. The Kier molecular flexibility index (Phi) is 5.19. The topological polar surface area (TPSA) is 101 Å². The van der Waals surface area contributed by atoms with Crippen LogP contribution in [0.2, 0.25) is 0 Å². The molecule has 8 heteroatoms. The lowest BCUT2D eigenvalue weighted by molar-refractivity contribution is 0.0306. The summed E-state index contributed by atoms with van der Waals surface area (Å²) >= 11 is 0. The number of sulfonamides is 1. The Morgan fingerprint density at radius 2 is 2.04 bits per heavy atom. The van der Waals surface area contributed by atoms with Crippen molar-refractivity contribution in [3.05, 3.63) is 46.4 Å². The van der Waals surface area contributed by atoms with Gasteiger partial charge in [0.1, 0.15) is 5.82 Å². The second-order valence-electron chi connectivity index (χ2n) is 6.18. The van der Waals surface area contributed by atoms with Crippen molar-refractivity contribution in [2.24, 2.45) is 0 Å². The standard InChI is InChI=1S/C17H21N3O4S/c1-12-10-16(21)19-17(18-12)13-5-7-14(8-6-13)20-25(22,23)11-15-4-2-3-9-24-15/h5-8,10,15,20H,2-4,9,11H2,1H3,(H,18,19,21). The van der Waals surface area contributed by atoms with Gasteiger partial charge in [-0.15, -0.1) is 0 Å². The van der Waals surface area contributed by atoms with E-state index < -0.39 is 10.0 Å². The summed E-state index contributed by atoms with van der Waals surface area (Å²) in [5.74, 6) is 0.414. The largest absolute Gasteiger partial charge is 0.377 e. The quantitative estimate of drug-likeness (QED) is 0.847. The van der Waals surface area contributed by atoms with Crippen molar-refractivity contribution in [2.75, 3.05) is 17.1 Å². The summed E-state index contributed by atoms with van der Waals surface area (Å²) in [5, 5.41) is 0. The van der Waals surface area contributed by atoms with Gasteiger partial charge in [0.25, 0.3) is 5.56 Å². The molecule has 25 heavy (non-hydrogen) atoms. The fourth-order valence-electron chi connectivity index (χ4n) is 2.82. The van der Waals surface area contributed by atoms with Gasteiger partial charge in [-0.1, -0.05) is 0 Å². The summed E-state index contributed by atoms with van der Waals surface area (Å²) in [5.41, 5.74) is 1.57. The maximum atomic E-state index is 12.3. The monoisotopic (exact) mass is 363 g/mol. The molecule has 0 amide bonds. The van der Waals surface area contributed by atoms with E-state index in [-0.39, 0.29) is 17.4 Å². The number of H-pyrrole nitrogens is 1. The summed E-state index contributed by atoms with van der Waals surface area (Å²) in [6.45, 7) is 2.37. The van der Waals surface area contributed by atoms with E-state index in [1.54, 1.807) is 31.2 Å². The molecule has 1 unspecified atom stereocenters. The van der Waals surface area contributed by atoms with Gasteiger partial charge in [-0.2, -0.15) is 0 Å². The van der Waals surface area contributed by atoms with Crippen LogP contribution in [0.5, 0.6) is 0 Å². The molecule has 1 fully saturated rings. The number of nitrogens with one attached hydrogen (secondary N) is 2. The third-order valence-electron chi connectivity index (χ3n) is 3.98. The molecular formula is C17H21N3O4S. The van der Waals surface area contributed by atoms with Crippen molar-refractivity contribution < 1.29 is 13.2 Å². The maximum Gasteiger partial charge on any atom is 0.251 e. The van der Waals surface area contributed by atoms with E-state index in [1.807, 2.05) is 0 Å². The van der Waals surface area contributed by atoms with Crippen LogP contribution in [-0.4, -0.2) is 36.8 Å². The molecule has 0 spiro atoms. The Balaban J connectivity index is 1.70. The number of rotatable bonds is 5. The van der Waals surface area contributed by atoms with E-state index in [4.69, 9.17) is 4.74 Å². The highest BCUT2D eigenvalue weighted by molar-refractivity contribution is 7.92. The van der Waals surface area contributed by atoms with Crippen LogP contribution >= 0.6 is 0 Å². The van der Waals surface area contributed by atoms with Gasteiger partial charge in [0.05, 0.1) is 11.9 Å². The van der Waals surface area contributed by atoms with E-state index in [9.17, 15) is 13.2 Å². The van der Waals surface area contributed by atoms with E-state index in [1.165, 1.54) is 6.07 Å². The molecule has 1 aliphatic heterocycles. The van der Waals surface area contributed by atoms with E-state index in [0.29, 0.717) is 29.4 Å². The minimum Gasteiger partial charge on any atom is -0.377 e. The number of nitrogens with zero attached hydrogens (tertiary/aromatic N) is 1. The van der Waals surface area contributed by atoms with Crippen molar-refractivity contribution in [2.45, 2.75) is 32.3 Å². The lowest BCUT2D eigenvalue weighted by atomic mass is 10.1. The van der Waals surface area contributed by atoms with Crippen molar-refractivity contribution in [3.63, 3.8) is 0 Å². The predicted octanol–water partition coefficient (Wildman–Crippen LogP) is 2.06. The molecular weight excluding hydrogens is 342 g/mol. The number of hydrogen-bond donors (Lipinski definition) is 2. The number of aromatic amines is 1. The van der Waals surface area contributed by atoms with Gasteiger partial charge >= 0.3 is 0 Å². The summed E-state index contributed by atoms with van der Waals surface area (Å²) in [6.07, 6.45) is 2.51. The molecule has 2 aromatic rings. The average molecular weight is 363 g/mol. The van der Waals surface area contributed by atoms with Crippen LogP contribution in [0.4, 0.5) is 5.69 Å². The number of benzene rings is 1. The number of hydrogen-bond acceptors (Lipinski definition) is 5. The normalized spacial score (nSPS) is 18.0. The molecule has 2 N–H and O–H groups in total. The van der Waals surface area contributed by atoms with Crippen molar-refractivity contribution >= 4 is 15.7 Å². The summed E-state index contributed by atoms with van der Waals surface area (Å²) in [6, 6.07) is 8.15. The van der Waals surface area contributed by atoms with E-state index in [2.05, 4.69) is 14.7 Å². The highest BCUT2D eigenvalue weighted by Crippen LogP contribution is 2.20. The van der Waals surface area contributed by atoms with Crippen LogP contribution in [0.1, 0.15) is 25.0 Å². The first-order chi connectivity index (χ1) is 11.9. The molecule has 1 aliphatic rings. The molecule has 3 rings (SSSR count). The Bertz CT molecular complexity index is 885. The first-order valence-corrected chi connectivity index (χ1v) is 9.87. The van der Waals surface area contributed by atoms with Gasteiger partial charge < -0.3 is 9.72 Å². The molecule has 1 saturated heterocycles. The van der Waals surface area contributed by atoms with Gasteiger partial charge in [0.15, 0.2) is 0 Å². The Hall–Kier alpha value is -2.19. The van der Waals surface area contributed by atoms with Crippen molar-refractivity contribution in [1.29, 1.82) is 0 Å². The highest BCUT2D eigenvalue weighted by Gasteiger charge is 2.22. The zero-order valence-corrected chi connectivity index (χ0v) is 14.8. The van der Waals surface area contributed by atoms with Crippen LogP contribution in [0, 0.1) is 6.92 Å². The van der Waals surface area contributed by atoms with Crippen molar-refractivity contribution in [3.8, 4) is 11.4 Å². The second-order valence-corrected chi connectivity index (χ2v) is 7.95. The fourth-order valence-corrected chi connectivity index (χ4v) is 4.15.